The Labute approximate surface area is 208 Å². The Morgan fingerprint density at radius 2 is 1.94 bits per heavy atom. The Hall–Kier alpha value is -1.29. The minimum atomic E-state index is 0. The van der Waals surface area contributed by atoms with Gasteiger partial charge in [0.05, 0.1) is 0 Å². The fraction of sp³-hybridized carbons (Fsp3) is 0.609. The first-order valence-electron chi connectivity index (χ1n) is 11.3. The first-order valence-corrected chi connectivity index (χ1v) is 12.5. The third kappa shape index (κ3) is 7.66. The lowest BCUT2D eigenvalue weighted by molar-refractivity contribution is 0.460. The smallest absolute Gasteiger partial charge is 0.191 e. The summed E-state index contributed by atoms with van der Waals surface area (Å²) in [6.07, 6.45) is 9.20. The van der Waals surface area contributed by atoms with Gasteiger partial charge in [-0.2, -0.15) is 0 Å². The number of aromatic nitrogens is 3. The van der Waals surface area contributed by atoms with Gasteiger partial charge in [0, 0.05) is 38.0 Å². The lowest BCUT2D eigenvalue weighted by atomic mass is 10.0. The summed E-state index contributed by atoms with van der Waals surface area (Å²) < 4.78 is 2.40. The zero-order valence-corrected chi connectivity index (χ0v) is 22.2. The Bertz CT molecular complexity index is 789. The van der Waals surface area contributed by atoms with Gasteiger partial charge in [0.2, 0.25) is 0 Å². The molecular formula is C23H37IN6S. The van der Waals surface area contributed by atoms with E-state index in [-0.39, 0.29) is 24.0 Å². The van der Waals surface area contributed by atoms with Crippen molar-refractivity contribution in [1.82, 2.24) is 25.4 Å². The fourth-order valence-corrected chi connectivity index (χ4v) is 4.63. The molecule has 1 heterocycles. The van der Waals surface area contributed by atoms with Crippen molar-refractivity contribution in [3.8, 4) is 0 Å². The van der Waals surface area contributed by atoms with Gasteiger partial charge in [-0.25, -0.2) is 0 Å². The average Bonchev–Trinajstić information content (AvgIpc) is 3.44. The molecular weight excluding hydrogens is 519 g/mol. The standard InChI is InChI=1S/C23H36N6S.HI/c1-4-24-22(26-17-18(2)19-11-6-5-7-12-19)25-16-10-15-21-27-28-23(30-3)29(21)20-13-8-9-14-20;/h5-7,11-12,18,20H,4,8-10,13-17H2,1-3H3,(H2,24,25,26);1H. The molecule has 1 unspecified atom stereocenters. The van der Waals surface area contributed by atoms with Crippen molar-refractivity contribution in [2.45, 2.75) is 69.5 Å². The SMILES string of the molecule is CCNC(=NCC(C)c1ccccc1)NCCCc1nnc(SC)n1C1CCCC1.I. The number of aryl methyl sites for hydroxylation is 1. The van der Waals surface area contributed by atoms with Gasteiger partial charge in [0.15, 0.2) is 11.1 Å². The van der Waals surface area contributed by atoms with Crippen LogP contribution in [0.25, 0.3) is 0 Å². The highest BCUT2D eigenvalue weighted by Crippen LogP contribution is 2.33. The summed E-state index contributed by atoms with van der Waals surface area (Å²) in [7, 11) is 0. The summed E-state index contributed by atoms with van der Waals surface area (Å²) in [5, 5.41) is 16.8. The summed E-state index contributed by atoms with van der Waals surface area (Å²) >= 11 is 1.71. The highest BCUT2D eigenvalue weighted by atomic mass is 127. The number of hydrogen-bond donors (Lipinski definition) is 2. The molecule has 0 spiro atoms. The van der Waals surface area contributed by atoms with Crippen LogP contribution in [0, 0.1) is 0 Å². The van der Waals surface area contributed by atoms with Gasteiger partial charge in [-0.15, -0.1) is 34.2 Å². The third-order valence-corrected chi connectivity index (χ3v) is 6.36. The summed E-state index contributed by atoms with van der Waals surface area (Å²) in [4.78, 5) is 4.79. The minimum Gasteiger partial charge on any atom is -0.357 e. The van der Waals surface area contributed by atoms with E-state index in [1.165, 1.54) is 31.2 Å². The minimum absolute atomic E-state index is 0. The zero-order valence-electron chi connectivity index (χ0n) is 19.0. The van der Waals surface area contributed by atoms with Gasteiger partial charge < -0.3 is 15.2 Å². The predicted octanol–water partition coefficient (Wildman–Crippen LogP) is 5.02. The van der Waals surface area contributed by atoms with Crippen LogP contribution < -0.4 is 10.6 Å². The summed E-state index contributed by atoms with van der Waals surface area (Å²) in [5.41, 5.74) is 1.33. The van der Waals surface area contributed by atoms with E-state index < -0.39 is 0 Å². The summed E-state index contributed by atoms with van der Waals surface area (Å²) in [6, 6.07) is 11.2. The maximum Gasteiger partial charge on any atom is 0.191 e. The molecule has 1 atom stereocenters. The Kier molecular flexibility index (Phi) is 11.7. The topological polar surface area (TPSA) is 67.1 Å². The molecule has 0 amide bonds. The highest BCUT2D eigenvalue weighted by molar-refractivity contribution is 14.0. The third-order valence-electron chi connectivity index (χ3n) is 5.71. The largest absolute Gasteiger partial charge is 0.357 e. The number of rotatable bonds is 10. The molecule has 1 aliphatic carbocycles. The molecule has 1 aliphatic rings. The van der Waals surface area contributed by atoms with Crippen molar-refractivity contribution in [3.63, 3.8) is 0 Å². The first kappa shape index (κ1) is 26.0. The van der Waals surface area contributed by atoms with Crippen LogP contribution in [-0.4, -0.2) is 46.6 Å². The van der Waals surface area contributed by atoms with Gasteiger partial charge in [-0.05, 0) is 38.0 Å². The fourth-order valence-electron chi connectivity index (χ4n) is 4.06. The molecule has 0 aliphatic heterocycles. The lowest BCUT2D eigenvalue weighted by Gasteiger charge is -2.17. The van der Waals surface area contributed by atoms with E-state index in [0.29, 0.717) is 12.0 Å². The van der Waals surface area contributed by atoms with Gasteiger partial charge >= 0.3 is 0 Å². The number of aliphatic imine (C=N–C) groups is 1. The lowest BCUT2D eigenvalue weighted by Crippen LogP contribution is -2.38. The van der Waals surface area contributed by atoms with Crippen LogP contribution in [0.15, 0.2) is 40.5 Å². The second-order valence-corrected chi connectivity index (χ2v) is 8.75. The normalized spacial score (nSPS) is 15.5. The molecule has 172 valence electrons. The van der Waals surface area contributed by atoms with E-state index >= 15 is 0 Å². The number of halogens is 1. The van der Waals surface area contributed by atoms with Crippen LogP contribution in [0.5, 0.6) is 0 Å². The van der Waals surface area contributed by atoms with Crippen molar-refractivity contribution in [1.29, 1.82) is 0 Å². The van der Waals surface area contributed by atoms with E-state index in [9.17, 15) is 0 Å². The molecule has 3 rings (SSSR count). The van der Waals surface area contributed by atoms with Gasteiger partial charge in [0.25, 0.3) is 0 Å². The van der Waals surface area contributed by atoms with Crippen LogP contribution in [0.4, 0.5) is 0 Å². The predicted molar refractivity (Wildman–Crippen MR) is 142 cm³/mol. The Morgan fingerprint density at radius 3 is 2.61 bits per heavy atom. The maximum absolute atomic E-state index is 4.79. The van der Waals surface area contributed by atoms with Crippen molar-refractivity contribution in [3.05, 3.63) is 41.7 Å². The zero-order chi connectivity index (χ0) is 21.2. The van der Waals surface area contributed by atoms with Crippen molar-refractivity contribution in [2.75, 3.05) is 25.9 Å². The molecule has 0 bridgehead atoms. The summed E-state index contributed by atoms with van der Waals surface area (Å²) in [5.74, 6) is 2.42. The van der Waals surface area contributed by atoms with Crippen LogP contribution in [-0.2, 0) is 6.42 Å². The van der Waals surface area contributed by atoms with Crippen molar-refractivity contribution >= 4 is 41.7 Å². The number of guanidine groups is 1. The van der Waals surface area contributed by atoms with E-state index in [4.69, 9.17) is 4.99 Å². The maximum atomic E-state index is 4.79. The van der Waals surface area contributed by atoms with Crippen LogP contribution in [0.3, 0.4) is 0 Å². The number of nitrogens with zero attached hydrogens (tertiary/aromatic N) is 4. The van der Waals surface area contributed by atoms with Gasteiger partial charge in [0.1, 0.15) is 5.82 Å². The summed E-state index contributed by atoms with van der Waals surface area (Å²) in [6.45, 7) is 6.83. The van der Waals surface area contributed by atoms with E-state index in [1.807, 2.05) is 0 Å². The Morgan fingerprint density at radius 1 is 1.19 bits per heavy atom. The second kappa shape index (κ2) is 14.0. The molecule has 2 aromatic rings. The molecule has 1 fully saturated rings. The van der Waals surface area contributed by atoms with Crippen molar-refractivity contribution < 1.29 is 0 Å². The van der Waals surface area contributed by atoms with Gasteiger partial charge in [-0.3, -0.25) is 4.99 Å². The molecule has 2 N–H and O–H groups in total. The molecule has 0 saturated heterocycles. The van der Waals surface area contributed by atoms with Crippen LogP contribution in [0.1, 0.15) is 69.3 Å². The molecule has 31 heavy (non-hydrogen) atoms. The quantitative estimate of drug-likeness (QED) is 0.141. The second-order valence-electron chi connectivity index (χ2n) is 7.97. The highest BCUT2D eigenvalue weighted by Gasteiger charge is 2.23. The number of hydrogen-bond acceptors (Lipinski definition) is 4. The van der Waals surface area contributed by atoms with E-state index in [2.05, 4.69) is 75.8 Å². The van der Waals surface area contributed by atoms with E-state index in [0.717, 1.165) is 49.4 Å². The molecule has 1 saturated carbocycles. The number of nitrogens with one attached hydrogen (secondary N) is 2. The molecule has 1 aromatic heterocycles. The molecule has 0 radical (unpaired) electrons. The number of thioether (sulfide) groups is 1. The van der Waals surface area contributed by atoms with Gasteiger partial charge in [-0.1, -0.05) is 61.9 Å². The monoisotopic (exact) mass is 556 g/mol. The number of benzene rings is 1. The van der Waals surface area contributed by atoms with Crippen LogP contribution >= 0.6 is 35.7 Å². The van der Waals surface area contributed by atoms with E-state index in [1.54, 1.807) is 11.8 Å². The van der Waals surface area contributed by atoms with Crippen molar-refractivity contribution in [2.24, 2.45) is 4.99 Å². The Balaban J connectivity index is 0.00000341. The molecule has 1 aromatic carbocycles. The first-order chi connectivity index (χ1) is 14.7. The average molecular weight is 557 g/mol. The molecule has 6 nitrogen and oxygen atoms in total. The molecule has 8 heteroatoms. The van der Waals surface area contributed by atoms with Crippen LogP contribution in [0.2, 0.25) is 0 Å².